The number of aryl methyl sites for hydroxylation is 1. The molecule has 1 atom stereocenters. The third kappa shape index (κ3) is 3.69. The Balaban J connectivity index is 1.94. The summed E-state index contributed by atoms with van der Waals surface area (Å²) in [5.74, 6) is 0.437. The number of nitrogens with zero attached hydrogens (tertiary/aromatic N) is 3. The summed E-state index contributed by atoms with van der Waals surface area (Å²) in [6.07, 6.45) is 3.07. The highest BCUT2D eigenvalue weighted by Gasteiger charge is 2.26. The molecule has 3 aromatic rings. The van der Waals surface area contributed by atoms with Crippen LogP contribution in [0.25, 0.3) is 11.3 Å². The quantitative estimate of drug-likeness (QED) is 0.634. The van der Waals surface area contributed by atoms with Crippen LogP contribution in [0.2, 0.25) is 0 Å². The number of rotatable bonds is 6. The topological polar surface area (TPSA) is 119 Å². The minimum absolute atomic E-state index is 0.410. The fraction of sp³-hybridized carbons (Fsp3) is 0.278. The molecule has 0 aliphatic carbocycles. The van der Waals surface area contributed by atoms with Gasteiger partial charge in [-0.25, -0.2) is 22.9 Å². The standard InChI is InChI=1S/C18H21N5O4S/c1-4-13(16-19-10-14(20-16)12-8-6-5-7-9-12)21-28(26,27)15-11-22(2)18(25)23(3)17(15)24/h5-11,13,21H,4H2,1-3H3,(H,19,20). The van der Waals surface area contributed by atoms with Crippen molar-refractivity contribution in [1.29, 1.82) is 0 Å². The lowest BCUT2D eigenvalue weighted by Crippen LogP contribution is -2.42. The zero-order valence-electron chi connectivity index (χ0n) is 15.7. The van der Waals surface area contributed by atoms with Crippen molar-refractivity contribution < 1.29 is 8.42 Å². The molecule has 0 bridgehead atoms. The number of aromatic nitrogens is 4. The lowest BCUT2D eigenvalue weighted by molar-refractivity contribution is 0.533. The molecule has 2 aromatic heterocycles. The maximum absolute atomic E-state index is 12.8. The number of benzene rings is 1. The van der Waals surface area contributed by atoms with Crippen molar-refractivity contribution in [3.8, 4) is 11.3 Å². The maximum atomic E-state index is 12.8. The van der Waals surface area contributed by atoms with E-state index < -0.39 is 32.2 Å². The first kappa shape index (κ1) is 19.8. The van der Waals surface area contributed by atoms with Gasteiger partial charge in [0.15, 0.2) is 4.90 Å². The Hall–Kier alpha value is -2.98. The average molecular weight is 403 g/mol. The van der Waals surface area contributed by atoms with Crippen molar-refractivity contribution in [2.45, 2.75) is 24.3 Å². The highest BCUT2D eigenvalue weighted by atomic mass is 32.2. The Morgan fingerprint density at radius 2 is 1.86 bits per heavy atom. The molecule has 0 amide bonds. The first-order valence-electron chi connectivity index (χ1n) is 8.64. The van der Waals surface area contributed by atoms with Gasteiger partial charge in [0, 0.05) is 20.3 Å². The van der Waals surface area contributed by atoms with E-state index in [1.807, 2.05) is 30.3 Å². The van der Waals surface area contributed by atoms with Gasteiger partial charge in [-0.05, 0) is 12.0 Å². The first-order chi connectivity index (χ1) is 13.2. The van der Waals surface area contributed by atoms with Crippen molar-refractivity contribution in [3.05, 3.63) is 69.4 Å². The van der Waals surface area contributed by atoms with E-state index in [1.165, 1.54) is 14.1 Å². The number of sulfonamides is 1. The molecule has 0 radical (unpaired) electrons. The minimum atomic E-state index is -4.17. The minimum Gasteiger partial charge on any atom is -0.341 e. The van der Waals surface area contributed by atoms with Crippen molar-refractivity contribution in [3.63, 3.8) is 0 Å². The number of H-pyrrole nitrogens is 1. The van der Waals surface area contributed by atoms with Gasteiger partial charge in [0.1, 0.15) is 5.82 Å². The summed E-state index contributed by atoms with van der Waals surface area (Å²) in [5.41, 5.74) is 0.196. The van der Waals surface area contributed by atoms with Crippen LogP contribution < -0.4 is 16.0 Å². The molecule has 0 saturated heterocycles. The van der Waals surface area contributed by atoms with Crippen molar-refractivity contribution in [1.82, 2.24) is 23.8 Å². The average Bonchev–Trinajstić information content (AvgIpc) is 3.18. The van der Waals surface area contributed by atoms with Crippen LogP contribution in [0.4, 0.5) is 0 Å². The molecule has 0 aliphatic rings. The molecule has 3 rings (SSSR count). The molecule has 0 saturated carbocycles. The molecular weight excluding hydrogens is 382 g/mol. The molecule has 2 heterocycles. The second kappa shape index (κ2) is 7.56. The predicted molar refractivity (Wildman–Crippen MR) is 104 cm³/mol. The summed E-state index contributed by atoms with van der Waals surface area (Å²) >= 11 is 0. The van der Waals surface area contributed by atoms with Crippen LogP contribution >= 0.6 is 0 Å². The monoisotopic (exact) mass is 403 g/mol. The molecule has 0 fully saturated rings. The van der Waals surface area contributed by atoms with Gasteiger partial charge in [-0.2, -0.15) is 0 Å². The molecule has 9 nitrogen and oxygen atoms in total. The Morgan fingerprint density at radius 3 is 2.50 bits per heavy atom. The number of hydrogen-bond acceptors (Lipinski definition) is 5. The van der Waals surface area contributed by atoms with Gasteiger partial charge < -0.3 is 9.55 Å². The first-order valence-corrected chi connectivity index (χ1v) is 10.1. The summed E-state index contributed by atoms with van der Waals surface area (Å²) in [5, 5.41) is 0. The van der Waals surface area contributed by atoms with Crippen molar-refractivity contribution in [2.75, 3.05) is 0 Å². The zero-order chi connectivity index (χ0) is 20.5. The fourth-order valence-electron chi connectivity index (χ4n) is 2.82. The van der Waals surface area contributed by atoms with Crippen molar-refractivity contribution in [2.24, 2.45) is 14.1 Å². The van der Waals surface area contributed by atoms with Crippen LogP contribution in [0.15, 0.2) is 57.2 Å². The summed E-state index contributed by atoms with van der Waals surface area (Å²) in [7, 11) is -1.55. The van der Waals surface area contributed by atoms with Crippen LogP contribution in [0.5, 0.6) is 0 Å². The Bertz CT molecular complexity index is 1210. The largest absolute Gasteiger partial charge is 0.341 e. The van der Waals surface area contributed by atoms with Crippen LogP contribution in [0, 0.1) is 0 Å². The van der Waals surface area contributed by atoms with E-state index in [0.29, 0.717) is 12.2 Å². The highest BCUT2D eigenvalue weighted by Crippen LogP contribution is 2.21. The molecular formula is C18H21N5O4S. The summed E-state index contributed by atoms with van der Waals surface area (Å²) in [6.45, 7) is 1.80. The SMILES string of the molecule is CCC(NS(=O)(=O)c1cn(C)c(=O)n(C)c1=O)c1ncc(-c2ccccc2)[nH]1. The van der Waals surface area contributed by atoms with Crippen molar-refractivity contribution >= 4 is 10.0 Å². The van der Waals surface area contributed by atoms with E-state index in [1.54, 1.807) is 13.1 Å². The van der Waals surface area contributed by atoms with Gasteiger partial charge in [0.05, 0.1) is 17.9 Å². The number of hydrogen-bond donors (Lipinski definition) is 2. The van der Waals surface area contributed by atoms with E-state index in [-0.39, 0.29) is 0 Å². The fourth-order valence-corrected chi connectivity index (χ4v) is 4.26. The van der Waals surface area contributed by atoms with Crippen LogP contribution in [-0.2, 0) is 24.1 Å². The van der Waals surface area contributed by atoms with E-state index in [0.717, 1.165) is 26.6 Å². The van der Waals surface area contributed by atoms with Gasteiger partial charge in [-0.1, -0.05) is 37.3 Å². The molecule has 2 N–H and O–H groups in total. The second-order valence-corrected chi connectivity index (χ2v) is 8.06. The number of imidazole rings is 1. The summed E-state index contributed by atoms with van der Waals surface area (Å²) < 4.78 is 29.9. The molecule has 1 aromatic carbocycles. The van der Waals surface area contributed by atoms with Gasteiger partial charge in [-0.15, -0.1) is 0 Å². The lowest BCUT2D eigenvalue weighted by atomic mass is 10.2. The second-order valence-electron chi connectivity index (χ2n) is 6.38. The normalized spacial score (nSPS) is 12.8. The van der Waals surface area contributed by atoms with Crippen LogP contribution in [0.1, 0.15) is 25.2 Å². The maximum Gasteiger partial charge on any atom is 0.330 e. The highest BCUT2D eigenvalue weighted by molar-refractivity contribution is 7.89. The van der Waals surface area contributed by atoms with E-state index in [9.17, 15) is 18.0 Å². The summed E-state index contributed by atoms with van der Waals surface area (Å²) in [6, 6.07) is 8.85. The van der Waals surface area contributed by atoms with E-state index >= 15 is 0 Å². The molecule has 148 valence electrons. The van der Waals surface area contributed by atoms with Gasteiger partial charge in [0.25, 0.3) is 5.56 Å². The smallest absolute Gasteiger partial charge is 0.330 e. The number of nitrogens with one attached hydrogen (secondary N) is 2. The third-order valence-corrected chi connectivity index (χ3v) is 5.87. The van der Waals surface area contributed by atoms with E-state index in [2.05, 4.69) is 14.7 Å². The van der Waals surface area contributed by atoms with E-state index in [4.69, 9.17) is 0 Å². The van der Waals surface area contributed by atoms with Crippen LogP contribution in [0.3, 0.4) is 0 Å². The summed E-state index contributed by atoms with van der Waals surface area (Å²) in [4.78, 5) is 31.0. The molecule has 28 heavy (non-hydrogen) atoms. The Morgan fingerprint density at radius 1 is 1.18 bits per heavy atom. The lowest BCUT2D eigenvalue weighted by Gasteiger charge is -2.15. The third-order valence-electron chi connectivity index (χ3n) is 4.42. The van der Waals surface area contributed by atoms with Gasteiger partial charge in [0.2, 0.25) is 10.0 Å². The zero-order valence-corrected chi connectivity index (χ0v) is 16.5. The van der Waals surface area contributed by atoms with Crippen LogP contribution in [-0.4, -0.2) is 27.5 Å². The number of aromatic amines is 1. The van der Waals surface area contributed by atoms with Gasteiger partial charge in [-0.3, -0.25) is 9.36 Å². The van der Waals surface area contributed by atoms with Gasteiger partial charge >= 0.3 is 5.69 Å². The Kier molecular flexibility index (Phi) is 5.34. The Labute approximate surface area is 161 Å². The predicted octanol–water partition coefficient (Wildman–Crippen LogP) is 0.904. The molecule has 0 spiro atoms. The molecule has 10 heteroatoms. The molecule has 1 unspecified atom stereocenters. The molecule has 0 aliphatic heterocycles.